The standard InChI is InChI=1S/C13H16O2/c1-9(2)8-11(14)13-12(15-13)10-6-4-3-5-7-10/h3-7,9,12-13H,8H2,1-2H3. The van der Waals surface area contributed by atoms with Gasteiger partial charge in [0.1, 0.15) is 12.2 Å². The number of rotatable bonds is 4. The largest absolute Gasteiger partial charge is 0.356 e. The van der Waals surface area contributed by atoms with Crippen LogP contribution in [0.1, 0.15) is 31.9 Å². The fourth-order valence-electron chi connectivity index (χ4n) is 1.77. The van der Waals surface area contributed by atoms with Gasteiger partial charge in [0.05, 0.1) is 0 Å². The molecule has 0 radical (unpaired) electrons. The molecule has 2 unspecified atom stereocenters. The number of carbonyl (C=O) groups is 1. The van der Waals surface area contributed by atoms with E-state index in [0.717, 1.165) is 5.56 Å². The van der Waals surface area contributed by atoms with Gasteiger partial charge in [-0.1, -0.05) is 44.2 Å². The molecule has 1 aromatic rings. The van der Waals surface area contributed by atoms with Gasteiger partial charge in [-0.05, 0) is 11.5 Å². The lowest BCUT2D eigenvalue weighted by Gasteiger charge is -2.00. The highest BCUT2D eigenvalue weighted by Gasteiger charge is 2.45. The summed E-state index contributed by atoms with van der Waals surface area (Å²) in [6, 6.07) is 9.93. The second-order valence-corrected chi connectivity index (χ2v) is 4.45. The van der Waals surface area contributed by atoms with E-state index in [9.17, 15) is 4.79 Å². The zero-order chi connectivity index (χ0) is 10.8. The first-order chi connectivity index (χ1) is 7.18. The van der Waals surface area contributed by atoms with Crippen molar-refractivity contribution in [1.29, 1.82) is 0 Å². The van der Waals surface area contributed by atoms with E-state index in [0.29, 0.717) is 12.3 Å². The summed E-state index contributed by atoms with van der Waals surface area (Å²) in [6.45, 7) is 4.11. The number of benzene rings is 1. The molecule has 2 atom stereocenters. The SMILES string of the molecule is CC(C)CC(=O)C1OC1c1ccccc1. The van der Waals surface area contributed by atoms with E-state index in [2.05, 4.69) is 13.8 Å². The van der Waals surface area contributed by atoms with Gasteiger partial charge in [0.2, 0.25) is 0 Å². The normalized spacial score (nSPS) is 24.2. The molecule has 2 nitrogen and oxygen atoms in total. The highest BCUT2D eigenvalue weighted by atomic mass is 16.6. The predicted octanol–water partition coefficient (Wildman–Crippen LogP) is 2.74. The first-order valence-corrected chi connectivity index (χ1v) is 5.41. The molecule has 2 rings (SSSR count). The lowest BCUT2D eigenvalue weighted by atomic mass is 10.0. The van der Waals surface area contributed by atoms with Crippen LogP contribution in [-0.4, -0.2) is 11.9 Å². The number of epoxide rings is 1. The predicted molar refractivity (Wildman–Crippen MR) is 58.5 cm³/mol. The Hall–Kier alpha value is -1.15. The lowest BCUT2D eigenvalue weighted by molar-refractivity contribution is -0.120. The summed E-state index contributed by atoms with van der Waals surface area (Å²) in [5, 5.41) is 0. The maximum Gasteiger partial charge on any atom is 0.164 e. The summed E-state index contributed by atoms with van der Waals surface area (Å²) in [5.41, 5.74) is 1.11. The summed E-state index contributed by atoms with van der Waals surface area (Å²) in [5.74, 6) is 0.650. The maximum absolute atomic E-state index is 11.7. The summed E-state index contributed by atoms with van der Waals surface area (Å²) < 4.78 is 5.42. The van der Waals surface area contributed by atoms with E-state index in [4.69, 9.17) is 4.74 Å². The van der Waals surface area contributed by atoms with Crippen molar-refractivity contribution in [3.05, 3.63) is 35.9 Å². The Kier molecular flexibility index (Phi) is 2.87. The van der Waals surface area contributed by atoms with Gasteiger partial charge in [0, 0.05) is 6.42 Å². The Morgan fingerprint density at radius 1 is 1.33 bits per heavy atom. The molecule has 0 N–H and O–H groups in total. The minimum atomic E-state index is -0.185. The van der Waals surface area contributed by atoms with Gasteiger partial charge < -0.3 is 4.74 Å². The molecule has 1 aliphatic heterocycles. The van der Waals surface area contributed by atoms with E-state index in [1.54, 1.807) is 0 Å². The van der Waals surface area contributed by atoms with Crippen LogP contribution in [-0.2, 0) is 9.53 Å². The van der Waals surface area contributed by atoms with Gasteiger partial charge in [-0.3, -0.25) is 4.79 Å². The molecule has 0 aliphatic carbocycles. The van der Waals surface area contributed by atoms with E-state index in [1.165, 1.54) is 0 Å². The van der Waals surface area contributed by atoms with Gasteiger partial charge in [-0.2, -0.15) is 0 Å². The third-order valence-electron chi connectivity index (χ3n) is 2.55. The van der Waals surface area contributed by atoms with Gasteiger partial charge in [-0.15, -0.1) is 0 Å². The summed E-state index contributed by atoms with van der Waals surface area (Å²) in [6.07, 6.45) is 0.445. The molecule has 2 heteroatoms. The monoisotopic (exact) mass is 204 g/mol. The van der Waals surface area contributed by atoms with Crippen LogP contribution in [0.3, 0.4) is 0 Å². The third kappa shape index (κ3) is 2.45. The van der Waals surface area contributed by atoms with Crippen LogP contribution >= 0.6 is 0 Å². The molecule has 1 heterocycles. The van der Waals surface area contributed by atoms with Crippen LogP contribution in [0.5, 0.6) is 0 Å². The highest BCUT2D eigenvalue weighted by molar-refractivity contribution is 5.86. The lowest BCUT2D eigenvalue weighted by Crippen LogP contribution is -2.10. The number of hydrogen-bond donors (Lipinski definition) is 0. The second-order valence-electron chi connectivity index (χ2n) is 4.45. The van der Waals surface area contributed by atoms with Crippen molar-refractivity contribution >= 4 is 5.78 Å². The maximum atomic E-state index is 11.7. The zero-order valence-corrected chi connectivity index (χ0v) is 9.14. The van der Waals surface area contributed by atoms with Crippen LogP contribution in [0.2, 0.25) is 0 Å². The van der Waals surface area contributed by atoms with E-state index in [-0.39, 0.29) is 18.0 Å². The Balaban J connectivity index is 1.94. The molecule has 0 amide bonds. The molecular formula is C13H16O2. The smallest absolute Gasteiger partial charge is 0.164 e. The Morgan fingerprint density at radius 3 is 2.60 bits per heavy atom. The molecule has 0 bridgehead atoms. The van der Waals surface area contributed by atoms with Crippen molar-refractivity contribution in [2.24, 2.45) is 5.92 Å². The number of ether oxygens (including phenoxy) is 1. The molecule has 80 valence electrons. The fourth-order valence-corrected chi connectivity index (χ4v) is 1.77. The van der Waals surface area contributed by atoms with Crippen molar-refractivity contribution in [1.82, 2.24) is 0 Å². The summed E-state index contributed by atoms with van der Waals surface area (Å²) in [7, 11) is 0. The molecule has 1 fully saturated rings. The van der Waals surface area contributed by atoms with Crippen molar-refractivity contribution < 1.29 is 9.53 Å². The third-order valence-corrected chi connectivity index (χ3v) is 2.55. The van der Waals surface area contributed by atoms with Gasteiger partial charge in [0.15, 0.2) is 5.78 Å². The van der Waals surface area contributed by atoms with Crippen LogP contribution in [0.4, 0.5) is 0 Å². The van der Waals surface area contributed by atoms with Crippen molar-refractivity contribution in [3.8, 4) is 0 Å². The molecular weight excluding hydrogens is 188 g/mol. The molecule has 0 saturated carbocycles. The molecule has 0 aromatic heterocycles. The van der Waals surface area contributed by atoms with Gasteiger partial charge in [-0.25, -0.2) is 0 Å². The molecule has 0 spiro atoms. The van der Waals surface area contributed by atoms with E-state index in [1.807, 2.05) is 30.3 Å². The first kappa shape index (κ1) is 10.4. The molecule has 1 aliphatic rings. The topological polar surface area (TPSA) is 29.6 Å². The van der Waals surface area contributed by atoms with Gasteiger partial charge in [0.25, 0.3) is 0 Å². The van der Waals surface area contributed by atoms with Gasteiger partial charge >= 0.3 is 0 Å². The number of Topliss-reactive ketones (excluding diaryl/α,β-unsaturated/α-hetero) is 1. The van der Waals surface area contributed by atoms with E-state index < -0.39 is 0 Å². The van der Waals surface area contributed by atoms with Crippen molar-refractivity contribution in [3.63, 3.8) is 0 Å². The van der Waals surface area contributed by atoms with Crippen LogP contribution in [0.25, 0.3) is 0 Å². The molecule has 15 heavy (non-hydrogen) atoms. The average Bonchev–Trinajstić information content (AvgIpc) is 2.97. The summed E-state index contributed by atoms with van der Waals surface area (Å²) >= 11 is 0. The van der Waals surface area contributed by atoms with Crippen LogP contribution in [0.15, 0.2) is 30.3 Å². The number of carbonyl (C=O) groups excluding carboxylic acids is 1. The Bertz CT molecular complexity index is 343. The second kappa shape index (κ2) is 4.15. The Labute approximate surface area is 90.3 Å². The van der Waals surface area contributed by atoms with Crippen molar-refractivity contribution in [2.75, 3.05) is 0 Å². The number of ketones is 1. The summed E-state index contributed by atoms with van der Waals surface area (Å²) in [4.78, 5) is 11.7. The minimum absolute atomic E-state index is 0.0115. The minimum Gasteiger partial charge on any atom is -0.356 e. The fraction of sp³-hybridized carbons (Fsp3) is 0.462. The average molecular weight is 204 g/mol. The first-order valence-electron chi connectivity index (χ1n) is 5.41. The van der Waals surface area contributed by atoms with Crippen LogP contribution in [0, 0.1) is 5.92 Å². The number of hydrogen-bond acceptors (Lipinski definition) is 2. The quantitative estimate of drug-likeness (QED) is 0.706. The molecule has 1 saturated heterocycles. The Morgan fingerprint density at radius 2 is 2.00 bits per heavy atom. The zero-order valence-electron chi connectivity index (χ0n) is 9.14. The highest BCUT2D eigenvalue weighted by Crippen LogP contribution is 2.39. The van der Waals surface area contributed by atoms with Crippen molar-refractivity contribution in [2.45, 2.75) is 32.5 Å². The van der Waals surface area contributed by atoms with Crippen LogP contribution < -0.4 is 0 Å². The van der Waals surface area contributed by atoms with E-state index >= 15 is 0 Å². The molecule has 1 aromatic carbocycles.